The van der Waals surface area contributed by atoms with Gasteiger partial charge >= 0.3 is 5.97 Å². The van der Waals surface area contributed by atoms with Crippen LogP contribution in [0.15, 0.2) is 42.5 Å². The Morgan fingerprint density at radius 2 is 1.95 bits per heavy atom. The number of hydrogen-bond donors (Lipinski definition) is 3. The van der Waals surface area contributed by atoms with E-state index in [1.165, 1.54) is 12.1 Å². The van der Waals surface area contributed by atoms with Crippen molar-refractivity contribution in [2.45, 2.75) is 26.7 Å². The highest BCUT2D eigenvalue weighted by molar-refractivity contribution is 6.36. The molecule has 198 valence electrons. The van der Waals surface area contributed by atoms with Gasteiger partial charge in [-0.1, -0.05) is 24.3 Å². The van der Waals surface area contributed by atoms with E-state index in [9.17, 15) is 14.0 Å². The topological polar surface area (TPSA) is 86.5 Å². The number of ether oxygens (including phenoxy) is 1. The lowest BCUT2D eigenvalue weighted by Crippen LogP contribution is -2.43. The Kier molecular flexibility index (Phi) is 7.72. The van der Waals surface area contributed by atoms with Gasteiger partial charge in [0.05, 0.1) is 17.7 Å². The van der Waals surface area contributed by atoms with Crippen molar-refractivity contribution in [3.63, 3.8) is 0 Å². The van der Waals surface area contributed by atoms with Gasteiger partial charge in [-0.15, -0.1) is 0 Å². The third-order valence-corrected chi connectivity index (χ3v) is 7.17. The first kappa shape index (κ1) is 25.9. The molecule has 1 aromatic heterocycles. The van der Waals surface area contributed by atoms with Gasteiger partial charge < -0.3 is 25.3 Å². The second-order valence-corrected chi connectivity index (χ2v) is 9.68. The summed E-state index contributed by atoms with van der Waals surface area (Å²) in [5.74, 6) is -0.936. The second-order valence-electron chi connectivity index (χ2n) is 9.68. The Morgan fingerprint density at radius 1 is 1.16 bits per heavy atom. The van der Waals surface area contributed by atoms with Gasteiger partial charge in [-0.3, -0.25) is 4.79 Å². The minimum Gasteiger partial charge on any atom is -0.462 e. The largest absolute Gasteiger partial charge is 0.462 e. The molecule has 0 atom stereocenters. The van der Waals surface area contributed by atoms with Gasteiger partial charge in [0, 0.05) is 48.8 Å². The number of esters is 1. The highest BCUT2D eigenvalue weighted by Crippen LogP contribution is 2.41. The fourth-order valence-electron chi connectivity index (χ4n) is 5.41. The molecule has 0 unspecified atom stereocenters. The summed E-state index contributed by atoms with van der Waals surface area (Å²) >= 11 is 0. The van der Waals surface area contributed by atoms with Crippen LogP contribution in [0, 0.1) is 12.7 Å². The molecule has 1 fully saturated rings. The second kappa shape index (κ2) is 11.3. The van der Waals surface area contributed by atoms with Crippen molar-refractivity contribution < 1.29 is 18.7 Å². The quantitative estimate of drug-likeness (QED) is 0.300. The average molecular weight is 517 g/mol. The molecule has 5 rings (SSSR count). The highest BCUT2D eigenvalue weighted by Gasteiger charge is 2.29. The summed E-state index contributed by atoms with van der Waals surface area (Å²) in [6.45, 7) is 8.84. The number of H-pyrrole nitrogens is 1. The number of nitrogens with one attached hydrogen (secondary N) is 3. The molecule has 0 radical (unpaired) electrons. The molecule has 38 heavy (non-hydrogen) atoms. The van der Waals surface area contributed by atoms with E-state index in [1.807, 2.05) is 37.3 Å². The number of anilines is 1. The summed E-state index contributed by atoms with van der Waals surface area (Å²) in [6.07, 6.45) is 3.36. The van der Waals surface area contributed by atoms with Crippen molar-refractivity contribution in [3.8, 4) is 11.1 Å². The van der Waals surface area contributed by atoms with E-state index in [-0.39, 0.29) is 24.3 Å². The number of rotatable bonds is 8. The van der Waals surface area contributed by atoms with Crippen LogP contribution >= 0.6 is 0 Å². The predicted molar refractivity (Wildman–Crippen MR) is 147 cm³/mol. The fraction of sp³-hybridized carbons (Fsp3) is 0.333. The van der Waals surface area contributed by atoms with E-state index < -0.39 is 0 Å². The van der Waals surface area contributed by atoms with Crippen LogP contribution in [0.25, 0.3) is 22.8 Å². The standard InChI is InChI=1S/C30H33FN4O3/c1-3-38-30(37)27-19(2)33-26(23(27)10-6-14-35-15-12-32-13-16-35)18-24-28-22(20-7-4-8-21(31)17-20)9-5-11-25(28)34-29(24)36/h4-5,7-9,11,17-18,32-33H,3,6,10,12-16H2,1-2H3,(H,34,36)/b24-18-. The van der Waals surface area contributed by atoms with Gasteiger partial charge in [-0.2, -0.15) is 0 Å². The number of fused-ring (bicyclic) bond motifs is 1. The molecule has 0 spiro atoms. The van der Waals surface area contributed by atoms with E-state index in [4.69, 9.17) is 4.74 Å². The monoisotopic (exact) mass is 516 g/mol. The maximum Gasteiger partial charge on any atom is 0.340 e. The third-order valence-electron chi connectivity index (χ3n) is 7.17. The number of aromatic nitrogens is 1. The van der Waals surface area contributed by atoms with Crippen LogP contribution in [0.1, 0.15) is 46.2 Å². The van der Waals surface area contributed by atoms with Crippen LogP contribution < -0.4 is 10.6 Å². The zero-order valence-electron chi connectivity index (χ0n) is 21.8. The highest BCUT2D eigenvalue weighted by atomic mass is 19.1. The minimum absolute atomic E-state index is 0.236. The van der Waals surface area contributed by atoms with Crippen molar-refractivity contribution in [2.24, 2.45) is 0 Å². The molecule has 0 bridgehead atoms. The lowest BCUT2D eigenvalue weighted by molar-refractivity contribution is -0.110. The Bertz CT molecular complexity index is 1390. The summed E-state index contributed by atoms with van der Waals surface area (Å²) in [5.41, 5.74) is 6.15. The van der Waals surface area contributed by atoms with Crippen LogP contribution in [-0.2, 0) is 16.0 Å². The smallest absolute Gasteiger partial charge is 0.340 e. The summed E-state index contributed by atoms with van der Waals surface area (Å²) < 4.78 is 19.4. The number of aryl methyl sites for hydroxylation is 1. The van der Waals surface area contributed by atoms with Gasteiger partial charge in [-0.05, 0) is 74.2 Å². The molecule has 2 aliphatic rings. The van der Waals surface area contributed by atoms with Crippen molar-refractivity contribution in [2.75, 3.05) is 44.6 Å². The Labute approximate surface area is 222 Å². The third kappa shape index (κ3) is 5.28. The number of carbonyl (C=O) groups is 2. The molecule has 3 heterocycles. The van der Waals surface area contributed by atoms with E-state index in [0.717, 1.165) is 61.5 Å². The van der Waals surface area contributed by atoms with Crippen LogP contribution in [0.4, 0.5) is 10.1 Å². The summed E-state index contributed by atoms with van der Waals surface area (Å²) in [6, 6.07) is 11.9. The van der Waals surface area contributed by atoms with Crippen molar-refractivity contribution in [1.29, 1.82) is 0 Å². The van der Waals surface area contributed by atoms with Crippen LogP contribution in [0.3, 0.4) is 0 Å². The molecular weight excluding hydrogens is 483 g/mol. The molecule has 0 saturated carbocycles. The number of carbonyl (C=O) groups excluding carboxylic acids is 2. The molecular formula is C30H33FN4O3. The molecule has 1 amide bonds. The van der Waals surface area contributed by atoms with Crippen molar-refractivity contribution in [3.05, 3.63) is 76.4 Å². The Hall–Kier alpha value is -3.75. The number of piperazine rings is 1. The molecule has 1 saturated heterocycles. The number of hydrogen-bond acceptors (Lipinski definition) is 5. The molecule has 0 aliphatic carbocycles. The van der Waals surface area contributed by atoms with Gasteiger partial charge in [0.2, 0.25) is 0 Å². The van der Waals surface area contributed by atoms with Crippen LogP contribution in [0.2, 0.25) is 0 Å². The van der Waals surface area contributed by atoms with Gasteiger partial charge in [0.15, 0.2) is 0 Å². The number of amides is 1. The molecule has 3 N–H and O–H groups in total. The first-order valence-corrected chi connectivity index (χ1v) is 13.2. The van der Waals surface area contributed by atoms with E-state index >= 15 is 0 Å². The van der Waals surface area contributed by atoms with Crippen molar-refractivity contribution >= 4 is 29.2 Å². The van der Waals surface area contributed by atoms with E-state index in [0.29, 0.717) is 34.5 Å². The van der Waals surface area contributed by atoms with Gasteiger partial charge in [0.25, 0.3) is 5.91 Å². The Balaban J connectivity index is 1.54. The molecule has 2 aliphatic heterocycles. The normalized spacial score (nSPS) is 16.5. The summed E-state index contributed by atoms with van der Waals surface area (Å²) in [4.78, 5) is 31.9. The summed E-state index contributed by atoms with van der Waals surface area (Å²) in [7, 11) is 0. The lowest BCUT2D eigenvalue weighted by atomic mass is 9.93. The van der Waals surface area contributed by atoms with E-state index in [2.05, 4.69) is 20.5 Å². The molecule has 7 nitrogen and oxygen atoms in total. The lowest BCUT2D eigenvalue weighted by Gasteiger charge is -2.27. The zero-order valence-corrected chi connectivity index (χ0v) is 21.8. The maximum atomic E-state index is 14.1. The number of aromatic amines is 1. The fourth-order valence-corrected chi connectivity index (χ4v) is 5.41. The first-order valence-electron chi connectivity index (χ1n) is 13.2. The van der Waals surface area contributed by atoms with Crippen molar-refractivity contribution in [1.82, 2.24) is 15.2 Å². The van der Waals surface area contributed by atoms with Crippen LogP contribution in [0.5, 0.6) is 0 Å². The Morgan fingerprint density at radius 3 is 2.71 bits per heavy atom. The van der Waals surface area contributed by atoms with Gasteiger partial charge in [0.1, 0.15) is 5.82 Å². The van der Waals surface area contributed by atoms with Crippen LogP contribution in [-0.4, -0.2) is 61.1 Å². The number of benzene rings is 2. The number of halogens is 1. The average Bonchev–Trinajstić information content (AvgIpc) is 3.40. The minimum atomic E-state index is -0.361. The predicted octanol–water partition coefficient (Wildman–Crippen LogP) is 4.64. The molecule has 2 aromatic carbocycles. The maximum absolute atomic E-state index is 14.1. The van der Waals surface area contributed by atoms with Gasteiger partial charge in [-0.25, -0.2) is 9.18 Å². The number of nitrogens with zero attached hydrogens (tertiary/aromatic N) is 1. The first-order chi connectivity index (χ1) is 18.5. The molecule has 3 aromatic rings. The zero-order chi connectivity index (χ0) is 26.6. The van der Waals surface area contributed by atoms with E-state index in [1.54, 1.807) is 13.0 Å². The molecule has 8 heteroatoms. The summed E-state index contributed by atoms with van der Waals surface area (Å²) in [5, 5.41) is 6.31. The SMILES string of the molecule is CCOC(=O)c1c(C)[nH]c(/C=C2\C(=O)Nc3cccc(-c4cccc(F)c4)c32)c1CCCN1CCNCC1.